The first kappa shape index (κ1) is 8.95. The number of nitrogens with zero attached hydrogens (tertiary/aromatic N) is 1. The normalized spacial score (nSPS) is 10.6. The average molecular weight is 150 g/mol. The Kier molecular flexibility index (Phi) is 2.87. The predicted octanol–water partition coefficient (Wildman–Crippen LogP) is 1.24. The van der Waals surface area contributed by atoms with Crippen molar-refractivity contribution < 1.29 is 18.0 Å². The minimum absolute atomic E-state index is 0.306. The van der Waals surface area contributed by atoms with Gasteiger partial charge in [0.15, 0.2) is 0 Å². The number of rotatable bonds is 2. The van der Waals surface area contributed by atoms with E-state index < -0.39 is 18.4 Å². The van der Waals surface area contributed by atoms with Crippen LogP contribution in [0.5, 0.6) is 0 Å². The molecule has 2 nitrogen and oxygen atoms in total. The van der Waals surface area contributed by atoms with Gasteiger partial charge in [0.25, 0.3) is 0 Å². The van der Waals surface area contributed by atoms with E-state index in [1.54, 1.807) is 0 Å². The number of halogens is 3. The zero-order chi connectivity index (χ0) is 8.20. The molecular weight excluding hydrogens is 147 g/mol. The third-order valence-corrected chi connectivity index (χ3v) is 0.658. The molecule has 55 valence electrons. The molecule has 10 heavy (non-hydrogen) atoms. The van der Waals surface area contributed by atoms with E-state index in [1.807, 2.05) is 0 Å². The van der Waals surface area contributed by atoms with Crippen LogP contribution >= 0.6 is 0 Å². The number of Topliss-reactive ketones (excluding diaryl/α,β-unsaturated/α-hetero) is 1. The van der Waals surface area contributed by atoms with Crippen molar-refractivity contribution >= 4 is 5.78 Å². The summed E-state index contributed by atoms with van der Waals surface area (Å²) in [4.78, 5) is 9.89. The van der Waals surface area contributed by atoms with Crippen molar-refractivity contribution in [2.75, 3.05) is 0 Å². The number of hydrogen-bond donors (Lipinski definition) is 0. The smallest absolute Gasteiger partial charge is 0.289 e. The van der Waals surface area contributed by atoms with Crippen molar-refractivity contribution in [2.24, 2.45) is 0 Å². The van der Waals surface area contributed by atoms with Crippen LogP contribution in [0.2, 0.25) is 0 Å². The summed E-state index contributed by atoms with van der Waals surface area (Å²) in [5.74, 6) is -1.96. The van der Waals surface area contributed by atoms with Crippen LogP contribution in [0.15, 0.2) is 0 Å². The molecule has 0 aliphatic carbocycles. The van der Waals surface area contributed by atoms with E-state index in [-0.39, 0.29) is 0 Å². The molecule has 0 aromatic carbocycles. The number of carbonyl (C=O) groups is 1. The second-order valence-corrected chi connectivity index (χ2v) is 1.43. The molecule has 0 aliphatic rings. The molecule has 0 bridgehead atoms. The van der Waals surface area contributed by atoms with Crippen LogP contribution in [-0.2, 0) is 4.79 Å². The Morgan fingerprint density at radius 1 is 1.60 bits per heavy atom. The van der Waals surface area contributed by atoms with E-state index in [1.165, 1.54) is 6.07 Å². The molecule has 0 heterocycles. The van der Waals surface area contributed by atoms with Crippen molar-refractivity contribution in [3.05, 3.63) is 6.42 Å². The molecule has 0 aromatic rings. The van der Waals surface area contributed by atoms with E-state index in [2.05, 4.69) is 0 Å². The van der Waals surface area contributed by atoms with Gasteiger partial charge in [-0.25, -0.2) is 0 Å². The van der Waals surface area contributed by atoms with Crippen molar-refractivity contribution in [2.45, 2.75) is 12.6 Å². The number of carbonyl (C=O) groups excluding carboxylic acids is 1. The molecule has 0 atom stereocenters. The maximum Gasteiger partial charge on any atom is 0.450 e. The summed E-state index contributed by atoms with van der Waals surface area (Å²) in [6.07, 6.45) is -5.03. The zero-order valence-electron chi connectivity index (χ0n) is 4.77. The van der Waals surface area contributed by atoms with Gasteiger partial charge in [-0.1, -0.05) is 0 Å². The quantitative estimate of drug-likeness (QED) is 0.594. The van der Waals surface area contributed by atoms with Crippen molar-refractivity contribution in [1.29, 1.82) is 5.26 Å². The standard InChI is InChI=1S/C5H3F3NO/c6-5(7,8)4(10)2-1-3-9/h2H,1H2. The molecule has 0 fully saturated rings. The molecule has 0 rings (SSSR count). The third kappa shape index (κ3) is 3.07. The van der Waals surface area contributed by atoms with E-state index in [0.29, 0.717) is 6.42 Å². The fraction of sp³-hybridized carbons (Fsp3) is 0.400. The summed E-state index contributed by atoms with van der Waals surface area (Å²) in [6, 6.07) is 1.39. The number of hydrogen-bond acceptors (Lipinski definition) is 2. The third-order valence-electron chi connectivity index (χ3n) is 0.658. The molecule has 0 unspecified atom stereocenters. The lowest BCUT2D eigenvalue weighted by Gasteiger charge is -2.00. The molecule has 0 aromatic heterocycles. The summed E-state index contributed by atoms with van der Waals surface area (Å²) < 4.78 is 33.8. The van der Waals surface area contributed by atoms with Crippen LogP contribution in [0.3, 0.4) is 0 Å². The van der Waals surface area contributed by atoms with Gasteiger partial charge in [-0.15, -0.1) is 0 Å². The molecule has 0 saturated heterocycles. The molecule has 0 amide bonds. The van der Waals surface area contributed by atoms with Crippen molar-refractivity contribution in [3.63, 3.8) is 0 Å². The van der Waals surface area contributed by atoms with Gasteiger partial charge < -0.3 is 0 Å². The molecule has 0 saturated carbocycles. The Hall–Kier alpha value is -1.05. The monoisotopic (exact) mass is 150 g/mol. The first-order valence-electron chi connectivity index (χ1n) is 2.30. The highest BCUT2D eigenvalue weighted by molar-refractivity contribution is 5.91. The van der Waals surface area contributed by atoms with Gasteiger partial charge in [-0.3, -0.25) is 4.79 Å². The Morgan fingerprint density at radius 3 is 2.40 bits per heavy atom. The summed E-state index contributed by atoms with van der Waals surface area (Å²) in [5.41, 5.74) is 0. The van der Waals surface area contributed by atoms with Gasteiger partial charge in [-0.2, -0.15) is 18.4 Å². The topological polar surface area (TPSA) is 40.9 Å². The minimum atomic E-state index is -4.84. The van der Waals surface area contributed by atoms with E-state index in [9.17, 15) is 18.0 Å². The van der Waals surface area contributed by atoms with Gasteiger partial charge in [-0.05, 0) is 0 Å². The van der Waals surface area contributed by atoms with Gasteiger partial charge in [0, 0.05) is 6.42 Å². The van der Waals surface area contributed by atoms with E-state index in [4.69, 9.17) is 5.26 Å². The van der Waals surface area contributed by atoms with Crippen LogP contribution in [0, 0.1) is 17.8 Å². The fourth-order valence-electron chi connectivity index (χ4n) is 0.254. The molecular formula is C5H3F3NO. The van der Waals surface area contributed by atoms with Crippen LogP contribution in [0.4, 0.5) is 13.2 Å². The number of nitriles is 1. The molecule has 0 aliphatic heterocycles. The largest absolute Gasteiger partial charge is 0.450 e. The highest BCUT2D eigenvalue weighted by atomic mass is 19.4. The van der Waals surface area contributed by atoms with Crippen LogP contribution in [-0.4, -0.2) is 12.0 Å². The van der Waals surface area contributed by atoms with Gasteiger partial charge in [0.1, 0.15) is 0 Å². The lowest BCUT2D eigenvalue weighted by atomic mass is 10.2. The first-order valence-corrected chi connectivity index (χ1v) is 2.30. The predicted molar refractivity (Wildman–Crippen MR) is 25.6 cm³/mol. The number of ketones is 1. The van der Waals surface area contributed by atoms with Crippen LogP contribution < -0.4 is 0 Å². The SMILES string of the molecule is N#CC[CH]C(=O)C(F)(F)F. The van der Waals surface area contributed by atoms with Gasteiger partial charge in [0.05, 0.1) is 12.5 Å². The van der Waals surface area contributed by atoms with Crippen LogP contribution in [0.1, 0.15) is 6.42 Å². The summed E-state index contributed by atoms with van der Waals surface area (Å²) in [7, 11) is 0. The Balaban J connectivity index is 3.78. The van der Waals surface area contributed by atoms with Gasteiger partial charge in [0.2, 0.25) is 5.78 Å². The van der Waals surface area contributed by atoms with E-state index >= 15 is 0 Å². The minimum Gasteiger partial charge on any atom is -0.289 e. The molecule has 5 heteroatoms. The van der Waals surface area contributed by atoms with Crippen molar-refractivity contribution in [1.82, 2.24) is 0 Å². The highest BCUT2D eigenvalue weighted by Crippen LogP contribution is 2.17. The fourth-order valence-corrected chi connectivity index (χ4v) is 0.254. The maximum atomic E-state index is 11.3. The van der Waals surface area contributed by atoms with Crippen LogP contribution in [0.25, 0.3) is 0 Å². The molecule has 1 radical (unpaired) electrons. The lowest BCUT2D eigenvalue weighted by molar-refractivity contribution is -0.167. The Bertz CT molecular complexity index is 167. The summed E-state index contributed by atoms with van der Waals surface area (Å²) in [6.45, 7) is 0. The molecule has 0 spiro atoms. The maximum absolute atomic E-state index is 11.3. The Labute approximate surface area is 55.2 Å². The second-order valence-electron chi connectivity index (χ2n) is 1.43. The first-order chi connectivity index (χ1) is 4.48. The molecule has 0 N–H and O–H groups in total. The zero-order valence-corrected chi connectivity index (χ0v) is 4.77. The highest BCUT2D eigenvalue weighted by Gasteiger charge is 2.37. The summed E-state index contributed by atoms with van der Waals surface area (Å²) in [5, 5.41) is 7.78. The Morgan fingerprint density at radius 2 is 2.10 bits per heavy atom. The van der Waals surface area contributed by atoms with E-state index in [0.717, 1.165) is 0 Å². The second kappa shape index (κ2) is 3.20. The van der Waals surface area contributed by atoms with Crippen molar-refractivity contribution in [3.8, 4) is 6.07 Å². The lowest BCUT2D eigenvalue weighted by Crippen LogP contribution is -2.22. The average Bonchev–Trinajstić information content (AvgIpc) is 1.80. The number of alkyl halides is 3. The van der Waals surface area contributed by atoms with Gasteiger partial charge >= 0.3 is 6.18 Å². The summed E-state index contributed by atoms with van der Waals surface area (Å²) >= 11 is 0.